The lowest BCUT2D eigenvalue weighted by Gasteiger charge is -2.35. The molecule has 0 N–H and O–H groups in total. The first-order valence-electron chi connectivity index (χ1n) is 7.71. The highest BCUT2D eigenvalue weighted by molar-refractivity contribution is 5.90. The number of nitro groups is 1. The molecular weight excluding hydrogens is 302 g/mol. The number of amides is 1. The average molecular weight is 323 g/mol. The third-order valence-corrected chi connectivity index (χ3v) is 4.16. The third kappa shape index (κ3) is 3.88. The number of aromatic nitrogens is 1. The number of nitrogens with zero attached hydrogens (tertiary/aromatic N) is 3. The number of ether oxygens (including phenoxy) is 1. The zero-order valence-corrected chi connectivity index (χ0v) is 13.4. The zero-order chi connectivity index (χ0) is 17.0. The molecule has 1 atom stereocenters. The Morgan fingerprint density at radius 2 is 2.17 bits per heavy atom. The molecule has 1 aliphatic heterocycles. The Hall–Kier alpha value is -2.38. The fourth-order valence-electron chi connectivity index (χ4n) is 2.89. The minimum Gasteiger partial charge on any atom is -0.451 e. The van der Waals surface area contributed by atoms with E-state index in [0.717, 1.165) is 31.7 Å². The SMILES string of the molecule is CCC1CCCCN1C(=O)COC(=O)c1cc([N+](=O)[O-])cn1C. The molecule has 8 heteroatoms. The molecule has 2 heterocycles. The van der Waals surface area contributed by atoms with Gasteiger partial charge in [-0.05, 0) is 25.7 Å². The second-order valence-electron chi connectivity index (χ2n) is 5.67. The van der Waals surface area contributed by atoms with Gasteiger partial charge in [0.2, 0.25) is 0 Å². The number of piperidine rings is 1. The van der Waals surface area contributed by atoms with Crippen molar-refractivity contribution in [2.24, 2.45) is 7.05 Å². The van der Waals surface area contributed by atoms with E-state index in [0.29, 0.717) is 6.54 Å². The van der Waals surface area contributed by atoms with Crippen LogP contribution in [0.15, 0.2) is 12.3 Å². The van der Waals surface area contributed by atoms with Gasteiger partial charge in [-0.25, -0.2) is 4.79 Å². The largest absolute Gasteiger partial charge is 0.451 e. The van der Waals surface area contributed by atoms with Gasteiger partial charge in [0.25, 0.3) is 11.6 Å². The summed E-state index contributed by atoms with van der Waals surface area (Å²) in [4.78, 5) is 36.1. The van der Waals surface area contributed by atoms with E-state index in [1.54, 1.807) is 4.90 Å². The van der Waals surface area contributed by atoms with Crippen LogP contribution < -0.4 is 0 Å². The fourth-order valence-corrected chi connectivity index (χ4v) is 2.89. The van der Waals surface area contributed by atoms with Crippen LogP contribution in [-0.4, -0.2) is 45.5 Å². The van der Waals surface area contributed by atoms with Gasteiger partial charge in [-0.2, -0.15) is 0 Å². The second kappa shape index (κ2) is 7.26. The molecule has 0 saturated carbocycles. The summed E-state index contributed by atoms with van der Waals surface area (Å²) in [7, 11) is 1.52. The topological polar surface area (TPSA) is 94.7 Å². The van der Waals surface area contributed by atoms with E-state index in [-0.39, 0.29) is 29.9 Å². The van der Waals surface area contributed by atoms with Crippen molar-refractivity contribution in [3.05, 3.63) is 28.1 Å². The molecule has 8 nitrogen and oxygen atoms in total. The highest BCUT2D eigenvalue weighted by Crippen LogP contribution is 2.20. The molecule has 1 aliphatic rings. The number of hydrogen-bond donors (Lipinski definition) is 0. The first-order valence-corrected chi connectivity index (χ1v) is 7.71. The number of likely N-dealkylation sites (tertiary alicyclic amines) is 1. The summed E-state index contributed by atoms with van der Waals surface area (Å²) in [6, 6.07) is 1.34. The number of hydrogen-bond acceptors (Lipinski definition) is 5. The molecule has 0 radical (unpaired) electrons. The van der Waals surface area contributed by atoms with Crippen LogP contribution in [0.1, 0.15) is 43.1 Å². The Balaban J connectivity index is 1.96. The van der Waals surface area contributed by atoms with E-state index in [1.165, 1.54) is 17.8 Å². The summed E-state index contributed by atoms with van der Waals surface area (Å²) < 4.78 is 6.36. The van der Waals surface area contributed by atoms with Crippen molar-refractivity contribution in [1.29, 1.82) is 0 Å². The Labute approximate surface area is 134 Å². The van der Waals surface area contributed by atoms with Gasteiger partial charge in [-0.3, -0.25) is 14.9 Å². The minimum absolute atomic E-state index is 0.0511. The van der Waals surface area contributed by atoms with Crippen LogP contribution in [0.3, 0.4) is 0 Å². The molecule has 0 spiro atoms. The van der Waals surface area contributed by atoms with Crippen LogP contribution in [0.2, 0.25) is 0 Å². The van der Waals surface area contributed by atoms with E-state index < -0.39 is 10.9 Å². The van der Waals surface area contributed by atoms with Crippen LogP contribution in [0, 0.1) is 10.1 Å². The van der Waals surface area contributed by atoms with Crippen LogP contribution >= 0.6 is 0 Å². The first kappa shape index (κ1) is 17.0. The van der Waals surface area contributed by atoms with Gasteiger partial charge >= 0.3 is 5.97 Å². The predicted octanol–water partition coefficient (Wildman–Crippen LogP) is 1.88. The molecule has 1 aromatic heterocycles. The Bertz CT molecular complexity index is 610. The summed E-state index contributed by atoms with van der Waals surface area (Å²) in [5.41, 5.74) is -0.136. The van der Waals surface area contributed by atoms with Crippen molar-refractivity contribution in [3.63, 3.8) is 0 Å². The van der Waals surface area contributed by atoms with Crippen molar-refractivity contribution < 1.29 is 19.2 Å². The quantitative estimate of drug-likeness (QED) is 0.468. The lowest BCUT2D eigenvalue weighted by molar-refractivity contribution is -0.384. The summed E-state index contributed by atoms with van der Waals surface area (Å²) in [6.07, 6.45) is 5.15. The Morgan fingerprint density at radius 3 is 2.78 bits per heavy atom. The van der Waals surface area contributed by atoms with Gasteiger partial charge in [0, 0.05) is 25.7 Å². The summed E-state index contributed by atoms with van der Waals surface area (Å²) in [5, 5.41) is 10.7. The van der Waals surface area contributed by atoms with E-state index in [9.17, 15) is 19.7 Å². The zero-order valence-electron chi connectivity index (χ0n) is 13.4. The third-order valence-electron chi connectivity index (χ3n) is 4.16. The van der Waals surface area contributed by atoms with Crippen molar-refractivity contribution >= 4 is 17.6 Å². The van der Waals surface area contributed by atoms with E-state index in [1.807, 2.05) is 6.92 Å². The maximum absolute atomic E-state index is 12.2. The lowest BCUT2D eigenvalue weighted by atomic mass is 10.00. The Morgan fingerprint density at radius 1 is 1.43 bits per heavy atom. The number of carbonyl (C=O) groups excluding carboxylic acids is 2. The minimum atomic E-state index is -0.737. The molecular formula is C15H21N3O5. The molecule has 0 aliphatic carbocycles. The monoisotopic (exact) mass is 323 g/mol. The summed E-state index contributed by atoms with van der Waals surface area (Å²) in [5.74, 6) is -0.951. The number of aryl methyl sites for hydroxylation is 1. The molecule has 0 bridgehead atoms. The van der Waals surface area contributed by atoms with Gasteiger partial charge in [0.05, 0.1) is 11.1 Å². The molecule has 1 amide bonds. The van der Waals surface area contributed by atoms with Crippen LogP contribution in [-0.2, 0) is 16.6 Å². The molecule has 1 aromatic rings. The lowest BCUT2D eigenvalue weighted by Crippen LogP contribution is -2.45. The van der Waals surface area contributed by atoms with Crippen molar-refractivity contribution in [2.45, 2.75) is 38.6 Å². The molecule has 2 rings (SSSR count). The van der Waals surface area contributed by atoms with E-state index in [2.05, 4.69) is 0 Å². The predicted molar refractivity (Wildman–Crippen MR) is 82.0 cm³/mol. The van der Waals surface area contributed by atoms with Crippen LogP contribution in [0.4, 0.5) is 5.69 Å². The fraction of sp³-hybridized carbons (Fsp3) is 0.600. The van der Waals surface area contributed by atoms with Gasteiger partial charge in [0.15, 0.2) is 6.61 Å². The normalized spacial score (nSPS) is 17.8. The highest BCUT2D eigenvalue weighted by atomic mass is 16.6. The van der Waals surface area contributed by atoms with Crippen molar-refractivity contribution in [1.82, 2.24) is 9.47 Å². The molecule has 126 valence electrons. The smallest absolute Gasteiger partial charge is 0.355 e. The van der Waals surface area contributed by atoms with Gasteiger partial charge in [-0.1, -0.05) is 6.92 Å². The maximum Gasteiger partial charge on any atom is 0.355 e. The first-order chi connectivity index (χ1) is 10.9. The van der Waals surface area contributed by atoms with Gasteiger partial charge in [0.1, 0.15) is 5.69 Å². The maximum atomic E-state index is 12.2. The second-order valence-corrected chi connectivity index (χ2v) is 5.67. The van der Waals surface area contributed by atoms with Crippen molar-refractivity contribution in [2.75, 3.05) is 13.2 Å². The number of rotatable bonds is 5. The molecule has 23 heavy (non-hydrogen) atoms. The van der Waals surface area contributed by atoms with E-state index >= 15 is 0 Å². The summed E-state index contributed by atoms with van der Waals surface area (Å²) >= 11 is 0. The van der Waals surface area contributed by atoms with E-state index in [4.69, 9.17) is 4.74 Å². The van der Waals surface area contributed by atoms with Gasteiger partial charge in [-0.15, -0.1) is 0 Å². The van der Waals surface area contributed by atoms with Crippen LogP contribution in [0.5, 0.6) is 0 Å². The highest BCUT2D eigenvalue weighted by Gasteiger charge is 2.26. The standard InChI is InChI=1S/C15H21N3O5/c1-3-11-6-4-5-7-17(11)14(19)10-23-15(20)13-8-12(18(21)22)9-16(13)2/h8-9,11H,3-7,10H2,1-2H3. The van der Waals surface area contributed by atoms with Crippen LogP contribution in [0.25, 0.3) is 0 Å². The Kier molecular flexibility index (Phi) is 5.36. The average Bonchev–Trinajstić information content (AvgIpc) is 2.94. The molecule has 1 saturated heterocycles. The summed E-state index contributed by atoms with van der Waals surface area (Å²) in [6.45, 7) is 2.38. The number of esters is 1. The number of carbonyl (C=O) groups is 2. The molecule has 1 unspecified atom stereocenters. The van der Waals surface area contributed by atoms with Gasteiger partial charge < -0.3 is 14.2 Å². The van der Waals surface area contributed by atoms with Crippen molar-refractivity contribution in [3.8, 4) is 0 Å². The molecule has 0 aromatic carbocycles. The molecule has 1 fully saturated rings.